The zero-order valence-corrected chi connectivity index (χ0v) is 45.7. The van der Waals surface area contributed by atoms with Gasteiger partial charge in [0.1, 0.15) is 13.2 Å². The molecule has 1 unspecified atom stereocenters. The molecule has 0 rings (SSSR count). The number of unbranched alkanes of at least 4 members (excludes halogenated alkanes) is 46. The van der Waals surface area contributed by atoms with Crippen LogP contribution in [0.4, 0.5) is 0 Å². The molecule has 0 aromatic rings. The van der Waals surface area contributed by atoms with Crippen molar-refractivity contribution in [1.29, 1.82) is 0 Å². The Kier molecular flexibility index (Phi) is 55.6. The Morgan fingerprint density at radius 3 is 0.597 bits per heavy atom. The molecule has 0 aliphatic carbocycles. The Hall–Kier alpha value is -1.59. The normalized spacial score (nSPS) is 11.9. The van der Waals surface area contributed by atoms with Crippen molar-refractivity contribution in [2.45, 2.75) is 361 Å². The van der Waals surface area contributed by atoms with Crippen molar-refractivity contribution in [2.75, 3.05) is 13.2 Å². The lowest BCUT2D eigenvalue weighted by Crippen LogP contribution is -2.30. The molecule has 0 N–H and O–H groups in total. The van der Waals surface area contributed by atoms with Gasteiger partial charge in [-0.25, -0.2) is 0 Å². The Morgan fingerprint density at radius 2 is 0.403 bits per heavy atom. The van der Waals surface area contributed by atoms with Crippen LogP contribution in [0.15, 0.2) is 0 Å². The molecule has 0 radical (unpaired) electrons. The second kappa shape index (κ2) is 57.0. The van der Waals surface area contributed by atoms with Crippen LogP contribution >= 0.6 is 0 Å². The van der Waals surface area contributed by atoms with E-state index in [9.17, 15) is 14.4 Å². The molecule has 0 amide bonds. The molecule has 67 heavy (non-hydrogen) atoms. The van der Waals surface area contributed by atoms with Crippen LogP contribution in [0, 0.1) is 0 Å². The summed E-state index contributed by atoms with van der Waals surface area (Å²) in [5, 5.41) is 0. The standard InChI is InChI=1S/C61H118O6/c1-4-7-10-13-16-19-21-23-25-27-29-31-33-34-36-38-40-42-45-48-51-54-60(63)66-57-58(56-65-59(62)53-50-47-44-18-15-12-9-6-3)67-61(64)55-52-49-46-43-41-39-37-35-32-30-28-26-24-22-20-17-14-11-8-5-2/h58H,4-57H2,1-3H3. The maximum absolute atomic E-state index is 12.8. The molecule has 0 aromatic carbocycles. The van der Waals surface area contributed by atoms with E-state index in [0.717, 1.165) is 57.8 Å². The van der Waals surface area contributed by atoms with Crippen molar-refractivity contribution in [3.63, 3.8) is 0 Å². The summed E-state index contributed by atoms with van der Waals surface area (Å²) in [6.07, 6.45) is 64.1. The summed E-state index contributed by atoms with van der Waals surface area (Å²) in [7, 11) is 0. The molecule has 0 saturated heterocycles. The Balaban J connectivity index is 4.13. The summed E-state index contributed by atoms with van der Waals surface area (Å²) in [4.78, 5) is 38.0. The topological polar surface area (TPSA) is 78.9 Å². The highest BCUT2D eigenvalue weighted by atomic mass is 16.6. The van der Waals surface area contributed by atoms with Gasteiger partial charge in [0.15, 0.2) is 6.10 Å². The summed E-state index contributed by atoms with van der Waals surface area (Å²) in [5.74, 6) is -0.836. The summed E-state index contributed by atoms with van der Waals surface area (Å²) in [5.41, 5.74) is 0. The number of rotatable bonds is 57. The molecule has 0 fully saturated rings. The summed E-state index contributed by atoms with van der Waals surface area (Å²) < 4.78 is 16.9. The van der Waals surface area contributed by atoms with E-state index in [-0.39, 0.29) is 31.1 Å². The minimum absolute atomic E-state index is 0.0614. The summed E-state index contributed by atoms with van der Waals surface area (Å²) >= 11 is 0. The third-order valence-corrected chi connectivity index (χ3v) is 14.1. The van der Waals surface area contributed by atoms with Crippen molar-refractivity contribution >= 4 is 17.9 Å². The van der Waals surface area contributed by atoms with Gasteiger partial charge in [0.2, 0.25) is 0 Å². The largest absolute Gasteiger partial charge is 0.462 e. The van der Waals surface area contributed by atoms with Crippen LogP contribution in [0.1, 0.15) is 355 Å². The quantitative estimate of drug-likeness (QED) is 0.0343. The third-order valence-electron chi connectivity index (χ3n) is 14.1. The summed E-state index contributed by atoms with van der Waals surface area (Å²) in [6, 6.07) is 0. The van der Waals surface area contributed by atoms with Crippen molar-refractivity contribution in [1.82, 2.24) is 0 Å². The van der Waals surface area contributed by atoms with Crippen LogP contribution in [0.25, 0.3) is 0 Å². The molecule has 0 aliphatic heterocycles. The molecule has 0 heterocycles. The van der Waals surface area contributed by atoms with E-state index in [0.29, 0.717) is 19.3 Å². The zero-order valence-electron chi connectivity index (χ0n) is 45.7. The van der Waals surface area contributed by atoms with Gasteiger partial charge < -0.3 is 14.2 Å². The van der Waals surface area contributed by atoms with Crippen LogP contribution in [0.5, 0.6) is 0 Å². The predicted molar refractivity (Wildman–Crippen MR) is 289 cm³/mol. The van der Waals surface area contributed by atoms with Gasteiger partial charge in [-0.3, -0.25) is 14.4 Å². The zero-order chi connectivity index (χ0) is 48.6. The molecule has 6 heteroatoms. The minimum Gasteiger partial charge on any atom is -0.462 e. The smallest absolute Gasteiger partial charge is 0.306 e. The van der Waals surface area contributed by atoms with Crippen molar-refractivity contribution in [3.8, 4) is 0 Å². The van der Waals surface area contributed by atoms with E-state index in [4.69, 9.17) is 14.2 Å². The van der Waals surface area contributed by atoms with E-state index in [1.54, 1.807) is 0 Å². The number of ether oxygens (including phenoxy) is 3. The Bertz CT molecular complexity index is 998. The van der Waals surface area contributed by atoms with Gasteiger partial charge in [-0.15, -0.1) is 0 Å². The number of hydrogen-bond donors (Lipinski definition) is 0. The molecular formula is C61H118O6. The van der Waals surface area contributed by atoms with Crippen LogP contribution in [-0.2, 0) is 28.6 Å². The lowest BCUT2D eigenvalue weighted by molar-refractivity contribution is -0.167. The van der Waals surface area contributed by atoms with Crippen molar-refractivity contribution < 1.29 is 28.6 Å². The van der Waals surface area contributed by atoms with Crippen LogP contribution in [0.3, 0.4) is 0 Å². The highest BCUT2D eigenvalue weighted by Crippen LogP contribution is 2.18. The highest BCUT2D eigenvalue weighted by Gasteiger charge is 2.19. The SMILES string of the molecule is CCCCCCCCCCCCCCCCCCCCCCCC(=O)OCC(COC(=O)CCCCCCCCCC)OC(=O)CCCCCCCCCCCCCCCCCCCCCC. The first-order chi connectivity index (χ1) is 33.0. The van der Waals surface area contributed by atoms with Crippen LogP contribution in [0.2, 0.25) is 0 Å². The third kappa shape index (κ3) is 55.2. The summed E-state index contributed by atoms with van der Waals surface area (Å²) in [6.45, 7) is 6.69. The van der Waals surface area contributed by atoms with E-state index >= 15 is 0 Å². The second-order valence-electron chi connectivity index (χ2n) is 21.0. The first-order valence-corrected chi connectivity index (χ1v) is 30.5. The molecule has 0 bridgehead atoms. The van der Waals surface area contributed by atoms with E-state index < -0.39 is 6.10 Å². The van der Waals surface area contributed by atoms with Crippen molar-refractivity contribution in [2.24, 2.45) is 0 Å². The monoisotopic (exact) mass is 947 g/mol. The van der Waals surface area contributed by atoms with E-state index in [1.807, 2.05) is 0 Å². The average molecular weight is 948 g/mol. The maximum Gasteiger partial charge on any atom is 0.306 e. The lowest BCUT2D eigenvalue weighted by atomic mass is 10.0. The molecule has 0 spiro atoms. The molecule has 1 atom stereocenters. The predicted octanol–water partition coefficient (Wildman–Crippen LogP) is 20.3. The fraction of sp³-hybridized carbons (Fsp3) is 0.951. The number of hydrogen-bond acceptors (Lipinski definition) is 6. The Morgan fingerprint density at radius 1 is 0.239 bits per heavy atom. The van der Waals surface area contributed by atoms with E-state index in [2.05, 4.69) is 20.8 Å². The van der Waals surface area contributed by atoms with Gasteiger partial charge in [-0.2, -0.15) is 0 Å². The van der Waals surface area contributed by atoms with Gasteiger partial charge in [-0.1, -0.05) is 316 Å². The van der Waals surface area contributed by atoms with Crippen LogP contribution < -0.4 is 0 Å². The molecule has 0 saturated carbocycles. The van der Waals surface area contributed by atoms with Gasteiger partial charge in [0.05, 0.1) is 0 Å². The second-order valence-corrected chi connectivity index (χ2v) is 21.0. The molecule has 0 aliphatic rings. The maximum atomic E-state index is 12.8. The molecule has 398 valence electrons. The van der Waals surface area contributed by atoms with Crippen molar-refractivity contribution in [3.05, 3.63) is 0 Å². The van der Waals surface area contributed by atoms with E-state index in [1.165, 1.54) is 257 Å². The minimum atomic E-state index is -0.760. The molecule has 0 aromatic heterocycles. The van der Waals surface area contributed by atoms with Gasteiger partial charge >= 0.3 is 17.9 Å². The molecule has 6 nitrogen and oxygen atoms in total. The average Bonchev–Trinajstić information content (AvgIpc) is 3.33. The number of carbonyl (C=O) groups excluding carboxylic acids is 3. The van der Waals surface area contributed by atoms with Gasteiger partial charge in [0.25, 0.3) is 0 Å². The fourth-order valence-corrected chi connectivity index (χ4v) is 9.51. The van der Waals surface area contributed by atoms with Crippen LogP contribution in [-0.4, -0.2) is 37.2 Å². The first kappa shape index (κ1) is 65.4. The lowest BCUT2D eigenvalue weighted by Gasteiger charge is -2.18. The van der Waals surface area contributed by atoms with Gasteiger partial charge in [0, 0.05) is 19.3 Å². The first-order valence-electron chi connectivity index (χ1n) is 30.5. The highest BCUT2D eigenvalue weighted by molar-refractivity contribution is 5.71. The Labute approximate surface area is 418 Å². The number of carbonyl (C=O) groups is 3. The molecular weight excluding hydrogens is 829 g/mol. The van der Waals surface area contributed by atoms with Gasteiger partial charge in [-0.05, 0) is 19.3 Å². The fourth-order valence-electron chi connectivity index (χ4n) is 9.51. The number of esters is 3.